The van der Waals surface area contributed by atoms with Crippen LogP contribution >= 0.6 is 0 Å². The predicted octanol–water partition coefficient (Wildman–Crippen LogP) is 5.85. The van der Waals surface area contributed by atoms with Crippen molar-refractivity contribution in [3.8, 4) is 0 Å². The highest BCUT2D eigenvalue weighted by atomic mass is 14.4. The highest BCUT2D eigenvalue weighted by Crippen LogP contribution is 2.54. The van der Waals surface area contributed by atoms with Crippen LogP contribution in [0.2, 0.25) is 0 Å². The SMILES string of the molecule is CC1c2cccc3cccc(c23)C1C1C=Cc2ccccc21. The summed E-state index contributed by atoms with van der Waals surface area (Å²) < 4.78 is 0. The highest BCUT2D eigenvalue weighted by Gasteiger charge is 2.37. The Bertz CT molecular complexity index is 911. The van der Waals surface area contributed by atoms with Gasteiger partial charge in [-0.2, -0.15) is 0 Å². The summed E-state index contributed by atoms with van der Waals surface area (Å²) in [4.78, 5) is 0. The molecule has 0 aliphatic heterocycles. The van der Waals surface area contributed by atoms with Gasteiger partial charge in [0.25, 0.3) is 0 Å². The molecule has 0 aromatic heterocycles. The molecule has 2 aliphatic carbocycles. The second kappa shape index (κ2) is 4.33. The third-order valence-electron chi connectivity index (χ3n) is 5.58. The topological polar surface area (TPSA) is 0 Å². The summed E-state index contributed by atoms with van der Waals surface area (Å²) >= 11 is 0. The first-order valence-corrected chi connectivity index (χ1v) is 8.13. The summed E-state index contributed by atoms with van der Waals surface area (Å²) in [5.41, 5.74) is 5.94. The van der Waals surface area contributed by atoms with Crippen LogP contribution in [0.3, 0.4) is 0 Å². The Balaban J connectivity index is 1.73. The zero-order valence-corrected chi connectivity index (χ0v) is 12.7. The van der Waals surface area contributed by atoms with E-state index in [1.165, 1.54) is 33.0 Å². The van der Waals surface area contributed by atoms with E-state index in [0.29, 0.717) is 17.8 Å². The van der Waals surface area contributed by atoms with Gasteiger partial charge in [0, 0.05) is 11.8 Å². The van der Waals surface area contributed by atoms with E-state index in [-0.39, 0.29) is 0 Å². The Hall–Kier alpha value is -2.34. The molecule has 0 saturated carbocycles. The number of hydrogen-bond acceptors (Lipinski definition) is 0. The van der Waals surface area contributed by atoms with Crippen molar-refractivity contribution < 1.29 is 0 Å². The van der Waals surface area contributed by atoms with Crippen molar-refractivity contribution in [1.82, 2.24) is 0 Å². The van der Waals surface area contributed by atoms with Gasteiger partial charge in [-0.05, 0) is 38.9 Å². The Kier molecular flexibility index (Phi) is 2.41. The Morgan fingerprint density at radius 3 is 2.32 bits per heavy atom. The summed E-state index contributed by atoms with van der Waals surface area (Å²) in [7, 11) is 0. The zero-order chi connectivity index (χ0) is 14.7. The number of benzene rings is 3. The lowest BCUT2D eigenvalue weighted by Gasteiger charge is -2.25. The minimum Gasteiger partial charge on any atom is -0.0757 e. The minimum absolute atomic E-state index is 0.504. The minimum atomic E-state index is 0.504. The van der Waals surface area contributed by atoms with Crippen molar-refractivity contribution >= 4 is 16.8 Å². The molecule has 3 aromatic rings. The highest BCUT2D eigenvalue weighted by molar-refractivity contribution is 5.92. The van der Waals surface area contributed by atoms with Crippen LogP contribution in [0.1, 0.15) is 46.9 Å². The fraction of sp³-hybridized carbons (Fsp3) is 0.182. The molecule has 0 nitrogen and oxygen atoms in total. The van der Waals surface area contributed by atoms with Crippen molar-refractivity contribution in [1.29, 1.82) is 0 Å². The summed E-state index contributed by atoms with van der Waals surface area (Å²) in [6, 6.07) is 22.4. The molecule has 5 rings (SSSR count). The molecular formula is C22H18. The largest absolute Gasteiger partial charge is 0.0757 e. The van der Waals surface area contributed by atoms with Crippen molar-refractivity contribution in [3.63, 3.8) is 0 Å². The molecule has 0 heterocycles. The van der Waals surface area contributed by atoms with Gasteiger partial charge in [-0.3, -0.25) is 0 Å². The molecule has 3 aromatic carbocycles. The van der Waals surface area contributed by atoms with Gasteiger partial charge in [-0.15, -0.1) is 0 Å². The van der Waals surface area contributed by atoms with E-state index in [9.17, 15) is 0 Å². The van der Waals surface area contributed by atoms with Crippen molar-refractivity contribution in [2.24, 2.45) is 0 Å². The first-order chi connectivity index (χ1) is 10.8. The third kappa shape index (κ3) is 1.47. The molecule has 0 fully saturated rings. The molecule has 0 amide bonds. The zero-order valence-electron chi connectivity index (χ0n) is 12.7. The van der Waals surface area contributed by atoms with Gasteiger partial charge in [0.2, 0.25) is 0 Å². The second-order valence-corrected chi connectivity index (χ2v) is 6.62. The predicted molar refractivity (Wildman–Crippen MR) is 93.3 cm³/mol. The van der Waals surface area contributed by atoms with E-state index in [4.69, 9.17) is 0 Å². The Labute approximate surface area is 131 Å². The van der Waals surface area contributed by atoms with Crippen molar-refractivity contribution in [3.05, 3.63) is 89.0 Å². The van der Waals surface area contributed by atoms with Gasteiger partial charge >= 0.3 is 0 Å². The van der Waals surface area contributed by atoms with Gasteiger partial charge in [0.15, 0.2) is 0 Å². The number of fused-ring (bicyclic) bond motifs is 1. The fourth-order valence-electron chi connectivity index (χ4n) is 4.61. The van der Waals surface area contributed by atoms with Crippen LogP contribution in [-0.4, -0.2) is 0 Å². The maximum Gasteiger partial charge on any atom is 0.0102 e. The monoisotopic (exact) mass is 282 g/mol. The molecule has 3 unspecified atom stereocenters. The van der Waals surface area contributed by atoms with Gasteiger partial charge < -0.3 is 0 Å². The molecule has 0 heteroatoms. The number of rotatable bonds is 1. The molecular weight excluding hydrogens is 264 g/mol. The van der Waals surface area contributed by atoms with Crippen LogP contribution in [0.4, 0.5) is 0 Å². The Morgan fingerprint density at radius 1 is 0.727 bits per heavy atom. The Morgan fingerprint density at radius 2 is 1.45 bits per heavy atom. The van der Waals surface area contributed by atoms with Crippen LogP contribution in [0.15, 0.2) is 66.7 Å². The van der Waals surface area contributed by atoms with E-state index in [0.717, 1.165) is 0 Å². The van der Waals surface area contributed by atoms with E-state index in [1.54, 1.807) is 0 Å². The summed E-state index contributed by atoms with van der Waals surface area (Å²) in [5, 5.41) is 2.89. The van der Waals surface area contributed by atoms with Crippen molar-refractivity contribution in [2.45, 2.75) is 24.7 Å². The second-order valence-electron chi connectivity index (χ2n) is 6.62. The normalized spacial score (nSPS) is 24.9. The number of hydrogen-bond donors (Lipinski definition) is 0. The fourth-order valence-corrected chi connectivity index (χ4v) is 4.61. The van der Waals surface area contributed by atoms with Crippen LogP contribution < -0.4 is 0 Å². The maximum atomic E-state index is 2.41. The molecule has 0 N–H and O–H groups in total. The molecule has 2 aliphatic rings. The molecule has 0 spiro atoms. The molecule has 0 saturated heterocycles. The van der Waals surface area contributed by atoms with Crippen molar-refractivity contribution in [2.75, 3.05) is 0 Å². The summed E-state index contributed by atoms with van der Waals surface area (Å²) in [5.74, 6) is 1.63. The van der Waals surface area contributed by atoms with Crippen LogP contribution in [-0.2, 0) is 0 Å². The molecule has 22 heavy (non-hydrogen) atoms. The molecule has 0 radical (unpaired) electrons. The first kappa shape index (κ1) is 12.2. The average Bonchev–Trinajstić information content (AvgIpc) is 3.09. The summed E-state index contributed by atoms with van der Waals surface area (Å²) in [6.07, 6.45) is 4.71. The third-order valence-corrected chi connectivity index (χ3v) is 5.58. The van der Waals surface area contributed by atoms with Gasteiger partial charge in [0.05, 0.1) is 0 Å². The van der Waals surface area contributed by atoms with E-state index >= 15 is 0 Å². The summed E-state index contributed by atoms with van der Waals surface area (Å²) in [6.45, 7) is 2.40. The standard InChI is InChI=1S/C22H18/c1-14-17-10-4-7-16-8-5-11-20(22(16)17)21(14)19-13-12-15-6-2-3-9-18(15)19/h2-14,19,21H,1H3. The molecule has 3 atom stereocenters. The van der Waals surface area contributed by atoms with Crippen LogP contribution in [0, 0.1) is 0 Å². The smallest absolute Gasteiger partial charge is 0.0102 e. The van der Waals surface area contributed by atoms with Gasteiger partial charge in [0.1, 0.15) is 0 Å². The lowest BCUT2D eigenvalue weighted by atomic mass is 9.78. The lowest BCUT2D eigenvalue weighted by Crippen LogP contribution is -2.10. The molecule has 106 valence electrons. The first-order valence-electron chi connectivity index (χ1n) is 8.13. The van der Waals surface area contributed by atoms with Gasteiger partial charge in [-0.1, -0.05) is 79.7 Å². The molecule has 0 bridgehead atoms. The van der Waals surface area contributed by atoms with E-state index in [1.807, 2.05) is 0 Å². The van der Waals surface area contributed by atoms with E-state index < -0.39 is 0 Å². The quantitative estimate of drug-likeness (QED) is 0.525. The number of allylic oxidation sites excluding steroid dienone is 1. The van der Waals surface area contributed by atoms with Crippen LogP contribution in [0.5, 0.6) is 0 Å². The lowest BCUT2D eigenvalue weighted by molar-refractivity contribution is 0.554. The van der Waals surface area contributed by atoms with E-state index in [2.05, 4.69) is 79.7 Å². The van der Waals surface area contributed by atoms with Gasteiger partial charge in [-0.25, -0.2) is 0 Å². The maximum absolute atomic E-state index is 2.41. The van der Waals surface area contributed by atoms with Crippen LogP contribution in [0.25, 0.3) is 16.8 Å². The average molecular weight is 282 g/mol.